The lowest BCUT2D eigenvalue weighted by Gasteiger charge is -2.12. The molecule has 0 unspecified atom stereocenters. The molecule has 0 aliphatic heterocycles. The summed E-state index contributed by atoms with van der Waals surface area (Å²) in [6.07, 6.45) is 4.52. The number of hydrazone groups is 1. The highest BCUT2D eigenvalue weighted by atomic mass is 35.5. The lowest BCUT2D eigenvalue weighted by Crippen LogP contribution is -2.17. The predicted octanol–water partition coefficient (Wildman–Crippen LogP) is 4.23. The molecule has 6 nitrogen and oxygen atoms in total. The molecule has 0 aliphatic carbocycles. The summed E-state index contributed by atoms with van der Waals surface area (Å²) in [7, 11) is 1.49. The van der Waals surface area contributed by atoms with Crippen molar-refractivity contribution in [2.45, 2.75) is 6.61 Å². The third-order valence-corrected chi connectivity index (χ3v) is 4.30. The molecule has 29 heavy (non-hydrogen) atoms. The average molecular weight is 414 g/mol. The summed E-state index contributed by atoms with van der Waals surface area (Å²) in [5.41, 5.74) is 3.82. The van der Waals surface area contributed by atoms with E-state index in [-0.39, 0.29) is 23.1 Å². The van der Waals surface area contributed by atoms with Gasteiger partial charge >= 0.3 is 0 Å². The van der Waals surface area contributed by atoms with Crippen molar-refractivity contribution in [1.82, 2.24) is 10.4 Å². The Morgan fingerprint density at radius 1 is 1.21 bits per heavy atom. The number of hydrogen-bond acceptors (Lipinski definition) is 5. The van der Waals surface area contributed by atoms with Crippen LogP contribution in [0, 0.1) is 5.82 Å². The standard InChI is InChI=1S/C21H17ClFN3O3/c1-28-20-11-14(12-25-26-21(27)15-7-9-24-10-8-15)5-6-19(20)29-13-16-17(22)3-2-4-18(16)23/h2-12H,13H2,1H3,(H,26,27). The molecule has 1 heterocycles. The fourth-order valence-corrected chi connectivity index (χ4v) is 2.65. The monoisotopic (exact) mass is 413 g/mol. The van der Waals surface area contributed by atoms with E-state index in [4.69, 9.17) is 21.1 Å². The maximum absolute atomic E-state index is 13.9. The van der Waals surface area contributed by atoms with Gasteiger partial charge < -0.3 is 9.47 Å². The zero-order valence-electron chi connectivity index (χ0n) is 15.4. The molecule has 148 valence electrons. The number of carbonyl (C=O) groups excluding carboxylic acids is 1. The Hall–Kier alpha value is -3.45. The number of hydrogen-bond donors (Lipinski definition) is 1. The van der Waals surface area contributed by atoms with Crippen molar-refractivity contribution in [3.05, 3.63) is 88.5 Å². The second-order valence-corrected chi connectivity index (χ2v) is 6.24. The molecule has 3 aromatic rings. The first kappa shape index (κ1) is 20.3. The Balaban J connectivity index is 1.66. The number of nitrogens with zero attached hydrogens (tertiary/aromatic N) is 2. The van der Waals surface area contributed by atoms with Gasteiger partial charge in [-0.3, -0.25) is 9.78 Å². The van der Waals surface area contributed by atoms with Crippen molar-refractivity contribution in [1.29, 1.82) is 0 Å². The van der Waals surface area contributed by atoms with Crippen molar-refractivity contribution >= 4 is 23.7 Å². The third kappa shape index (κ3) is 5.30. The lowest BCUT2D eigenvalue weighted by atomic mass is 10.2. The van der Waals surface area contributed by atoms with E-state index in [0.29, 0.717) is 22.6 Å². The number of pyridine rings is 1. The minimum Gasteiger partial charge on any atom is -0.493 e. The molecule has 3 rings (SSSR count). The molecule has 2 aromatic carbocycles. The molecule has 0 radical (unpaired) electrons. The first-order valence-corrected chi connectivity index (χ1v) is 8.93. The van der Waals surface area contributed by atoms with Crippen LogP contribution in [0.2, 0.25) is 5.02 Å². The molecule has 1 N–H and O–H groups in total. The SMILES string of the molecule is COc1cc(C=NNC(=O)c2ccncc2)ccc1OCc1c(F)cccc1Cl. The number of methoxy groups -OCH3 is 1. The minimum atomic E-state index is -0.440. The summed E-state index contributed by atoms with van der Waals surface area (Å²) >= 11 is 6.02. The van der Waals surface area contributed by atoms with Crippen LogP contribution in [0.25, 0.3) is 0 Å². The molecule has 0 saturated heterocycles. The van der Waals surface area contributed by atoms with Crippen molar-refractivity contribution in [2.24, 2.45) is 5.10 Å². The zero-order chi connectivity index (χ0) is 20.6. The van der Waals surface area contributed by atoms with E-state index in [1.54, 1.807) is 36.4 Å². The van der Waals surface area contributed by atoms with Crippen LogP contribution >= 0.6 is 11.6 Å². The number of aromatic nitrogens is 1. The number of carbonyl (C=O) groups is 1. The fraction of sp³-hybridized carbons (Fsp3) is 0.0952. The Morgan fingerprint density at radius 3 is 2.72 bits per heavy atom. The number of nitrogens with one attached hydrogen (secondary N) is 1. The molecule has 0 bridgehead atoms. The Labute approximate surface area is 171 Å². The van der Waals surface area contributed by atoms with Gasteiger partial charge in [0.2, 0.25) is 0 Å². The highest BCUT2D eigenvalue weighted by Gasteiger charge is 2.11. The molecule has 1 amide bonds. The molecular weight excluding hydrogens is 397 g/mol. The fourth-order valence-electron chi connectivity index (χ4n) is 2.44. The Kier molecular flexibility index (Phi) is 6.76. The maximum atomic E-state index is 13.9. The Bertz CT molecular complexity index is 1010. The second kappa shape index (κ2) is 9.66. The summed E-state index contributed by atoms with van der Waals surface area (Å²) < 4.78 is 24.9. The number of rotatable bonds is 7. The molecule has 0 atom stereocenters. The number of halogens is 2. The van der Waals surface area contributed by atoms with Crippen molar-refractivity contribution in [2.75, 3.05) is 7.11 Å². The minimum absolute atomic E-state index is 0.0444. The highest BCUT2D eigenvalue weighted by molar-refractivity contribution is 6.31. The number of benzene rings is 2. The van der Waals surface area contributed by atoms with Gasteiger partial charge in [0.25, 0.3) is 5.91 Å². The van der Waals surface area contributed by atoms with E-state index in [1.807, 2.05) is 0 Å². The topological polar surface area (TPSA) is 72.8 Å². The normalized spacial score (nSPS) is 10.7. The highest BCUT2D eigenvalue weighted by Crippen LogP contribution is 2.29. The molecule has 0 saturated carbocycles. The van der Waals surface area contributed by atoms with E-state index in [9.17, 15) is 9.18 Å². The quantitative estimate of drug-likeness (QED) is 0.465. The van der Waals surface area contributed by atoms with Crippen LogP contribution in [0.1, 0.15) is 21.5 Å². The largest absolute Gasteiger partial charge is 0.493 e. The van der Waals surface area contributed by atoms with E-state index < -0.39 is 5.82 Å². The number of amides is 1. The van der Waals surface area contributed by atoms with E-state index in [2.05, 4.69) is 15.5 Å². The van der Waals surface area contributed by atoms with Gasteiger partial charge in [-0.15, -0.1) is 0 Å². The van der Waals surface area contributed by atoms with Crippen LogP contribution < -0.4 is 14.9 Å². The van der Waals surface area contributed by atoms with Crippen molar-refractivity contribution in [3.63, 3.8) is 0 Å². The van der Waals surface area contributed by atoms with Gasteiger partial charge in [0.1, 0.15) is 12.4 Å². The van der Waals surface area contributed by atoms with Gasteiger partial charge in [0, 0.05) is 23.5 Å². The first-order chi connectivity index (χ1) is 14.1. The van der Waals surface area contributed by atoms with Gasteiger partial charge in [-0.05, 0) is 48.0 Å². The van der Waals surface area contributed by atoms with Crippen LogP contribution in [0.4, 0.5) is 4.39 Å². The van der Waals surface area contributed by atoms with Crippen molar-refractivity contribution < 1.29 is 18.7 Å². The van der Waals surface area contributed by atoms with Crippen LogP contribution in [0.3, 0.4) is 0 Å². The average Bonchev–Trinajstić information content (AvgIpc) is 2.74. The predicted molar refractivity (Wildman–Crippen MR) is 108 cm³/mol. The molecule has 0 aliphatic rings. The lowest BCUT2D eigenvalue weighted by molar-refractivity contribution is 0.0955. The van der Waals surface area contributed by atoms with Gasteiger partial charge in [-0.1, -0.05) is 17.7 Å². The zero-order valence-corrected chi connectivity index (χ0v) is 16.2. The second-order valence-electron chi connectivity index (χ2n) is 5.83. The van der Waals surface area contributed by atoms with E-state index in [0.717, 1.165) is 0 Å². The van der Waals surface area contributed by atoms with Gasteiger partial charge in [0.05, 0.1) is 18.3 Å². The van der Waals surface area contributed by atoms with Crippen LogP contribution in [0.15, 0.2) is 66.0 Å². The number of ether oxygens (including phenoxy) is 2. The molecule has 0 fully saturated rings. The van der Waals surface area contributed by atoms with Gasteiger partial charge in [-0.2, -0.15) is 5.10 Å². The molecule has 0 spiro atoms. The van der Waals surface area contributed by atoms with Gasteiger partial charge in [0.15, 0.2) is 11.5 Å². The Morgan fingerprint density at radius 2 is 2.00 bits per heavy atom. The summed E-state index contributed by atoms with van der Waals surface area (Å²) in [6, 6.07) is 12.7. The third-order valence-electron chi connectivity index (χ3n) is 3.94. The maximum Gasteiger partial charge on any atom is 0.271 e. The summed E-state index contributed by atoms with van der Waals surface area (Å²) in [5, 5.41) is 4.22. The molecule has 1 aromatic heterocycles. The van der Waals surface area contributed by atoms with Crippen LogP contribution in [0.5, 0.6) is 11.5 Å². The smallest absolute Gasteiger partial charge is 0.271 e. The van der Waals surface area contributed by atoms with E-state index >= 15 is 0 Å². The van der Waals surface area contributed by atoms with Crippen LogP contribution in [-0.2, 0) is 6.61 Å². The van der Waals surface area contributed by atoms with E-state index in [1.165, 1.54) is 37.9 Å². The van der Waals surface area contributed by atoms with Crippen molar-refractivity contribution in [3.8, 4) is 11.5 Å². The first-order valence-electron chi connectivity index (χ1n) is 8.55. The van der Waals surface area contributed by atoms with Gasteiger partial charge in [-0.25, -0.2) is 9.82 Å². The molecule has 8 heteroatoms. The summed E-state index contributed by atoms with van der Waals surface area (Å²) in [6.45, 7) is -0.0444. The summed E-state index contributed by atoms with van der Waals surface area (Å²) in [5.74, 6) is 0.0640. The summed E-state index contributed by atoms with van der Waals surface area (Å²) in [4.78, 5) is 15.8. The van der Waals surface area contributed by atoms with Crippen LogP contribution in [-0.4, -0.2) is 24.2 Å². The molecular formula is C21H17ClFN3O3.